The molecule has 0 fully saturated rings. The molecule has 0 aliphatic heterocycles. The highest BCUT2D eigenvalue weighted by atomic mass is 14.6. The van der Waals surface area contributed by atoms with E-state index in [4.69, 9.17) is 5.73 Å². The Morgan fingerprint density at radius 3 is 2.67 bits per heavy atom. The van der Waals surface area contributed by atoms with Crippen molar-refractivity contribution in [1.82, 2.24) is 0 Å². The lowest BCUT2D eigenvalue weighted by atomic mass is 9.94. The van der Waals surface area contributed by atoms with Crippen LogP contribution in [-0.2, 0) is 0 Å². The SMILES string of the molecule is C=C/C(=C\C(N)c1ccccc1)C1=CC=CCC1. The van der Waals surface area contributed by atoms with E-state index < -0.39 is 0 Å². The molecule has 0 radical (unpaired) electrons. The van der Waals surface area contributed by atoms with Crippen LogP contribution in [0, 0.1) is 0 Å². The third kappa shape index (κ3) is 3.08. The van der Waals surface area contributed by atoms with Crippen molar-refractivity contribution >= 4 is 0 Å². The van der Waals surface area contributed by atoms with Gasteiger partial charge in [0.1, 0.15) is 0 Å². The molecule has 18 heavy (non-hydrogen) atoms. The van der Waals surface area contributed by atoms with Gasteiger partial charge in [0.2, 0.25) is 0 Å². The summed E-state index contributed by atoms with van der Waals surface area (Å²) in [5, 5.41) is 0. The number of hydrogen-bond acceptors (Lipinski definition) is 1. The molecule has 0 saturated heterocycles. The van der Waals surface area contributed by atoms with Gasteiger partial charge >= 0.3 is 0 Å². The minimum Gasteiger partial charge on any atom is -0.321 e. The van der Waals surface area contributed by atoms with Crippen molar-refractivity contribution in [3.05, 3.63) is 84.0 Å². The van der Waals surface area contributed by atoms with Crippen LogP contribution in [0.15, 0.2) is 78.4 Å². The number of rotatable bonds is 4. The fraction of sp³-hybridized carbons (Fsp3) is 0.176. The first-order valence-corrected chi connectivity index (χ1v) is 6.32. The molecule has 2 rings (SSSR count). The zero-order valence-electron chi connectivity index (χ0n) is 10.5. The molecular formula is C17H19N. The Balaban J connectivity index is 2.22. The van der Waals surface area contributed by atoms with Crippen LogP contribution in [0.3, 0.4) is 0 Å². The summed E-state index contributed by atoms with van der Waals surface area (Å²) in [5.74, 6) is 0. The van der Waals surface area contributed by atoms with Crippen molar-refractivity contribution in [2.24, 2.45) is 5.73 Å². The maximum absolute atomic E-state index is 6.21. The molecule has 1 nitrogen and oxygen atoms in total. The molecule has 92 valence electrons. The van der Waals surface area contributed by atoms with Gasteiger partial charge in [-0.1, -0.05) is 67.3 Å². The molecule has 0 heterocycles. The van der Waals surface area contributed by atoms with Gasteiger partial charge in [-0.15, -0.1) is 0 Å². The van der Waals surface area contributed by atoms with Crippen LogP contribution in [0.1, 0.15) is 24.4 Å². The largest absolute Gasteiger partial charge is 0.321 e. The van der Waals surface area contributed by atoms with E-state index in [2.05, 4.69) is 43.0 Å². The Bertz CT molecular complexity index is 492. The molecule has 2 N–H and O–H groups in total. The second-order valence-electron chi connectivity index (χ2n) is 4.42. The minimum atomic E-state index is -0.0778. The Hall–Kier alpha value is -1.86. The molecule has 0 saturated carbocycles. The zero-order valence-corrected chi connectivity index (χ0v) is 10.5. The number of hydrogen-bond donors (Lipinski definition) is 1. The average Bonchev–Trinajstić information content (AvgIpc) is 2.46. The van der Waals surface area contributed by atoms with Crippen LogP contribution in [0.5, 0.6) is 0 Å². The first-order chi connectivity index (χ1) is 8.81. The number of benzene rings is 1. The van der Waals surface area contributed by atoms with Gasteiger partial charge in [-0.3, -0.25) is 0 Å². The fourth-order valence-electron chi connectivity index (χ4n) is 2.11. The van der Waals surface area contributed by atoms with Gasteiger partial charge in [0, 0.05) is 6.04 Å². The number of allylic oxidation sites excluding steroid dienone is 6. The summed E-state index contributed by atoms with van der Waals surface area (Å²) in [6.07, 6.45) is 12.6. The molecule has 0 bridgehead atoms. The lowest BCUT2D eigenvalue weighted by Gasteiger charge is -2.13. The van der Waals surface area contributed by atoms with Crippen LogP contribution < -0.4 is 5.73 Å². The normalized spacial score (nSPS) is 17.2. The van der Waals surface area contributed by atoms with Crippen LogP contribution in [0.4, 0.5) is 0 Å². The zero-order chi connectivity index (χ0) is 12.8. The van der Waals surface area contributed by atoms with Crippen LogP contribution >= 0.6 is 0 Å². The quantitative estimate of drug-likeness (QED) is 0.785. The maximum atomic E-state index is 6.21. The van der Waals surface area contributed by atoms with E-state index in [1.54, 1.807) is 0 Å². The predicted molar refractivity (Wildman–Crippen MR) is 78.1 cm³/mol. The highest BCUT2D eigenvalue weighted by molar-refractivity contribution is 5.44. The molecule has 1 aromatic rings. The van der Waals surface area contributed by atoms with Gasteiger partial charge in [0.15, 0.2) is 0 Å². The summed E-state index contributed by atoms with van der Waals surface area (Å²) in [7, 11) is 0. The predicted octanol–water partition coefficient (Wildman–Crippen LogP) is 4.08. The third-order valence-corrected chi connectivity index (χ3v) is 3.15. The van der Waals surface area contributed by atoms with Crippen molar-refractivity contribution in [3.63, 3.8) is 0 Å². The summed E-state index contributed by atoms with van der Waals surface area (Å²) in [5.41, 5.74) is 9.80. The van der Waals surface area contributed by atoms with Crippen LogP contribution in [0.2, 0.25) is 0 Å². The fourth-order valence-corrected chi connectivity index (χ4v) is 2.11. The number of nitrogens with two attached hydrogens (primary N) is 1. The van der Waals surface area contributed by atoms with E-state index >= 15 is 0 Å². The van der Waals surface area contributed by atoms with Crippen LogP contribution in [0.25, 0.3) is 0 Å². The maximum Gasteiger partial charge on any atom is 0.0490 e. The summed E-state index contributed by atoms with van der Waals surface area (Å²) in [4.78, 5) is 0. The molecule has 1 unspecified atom stereocenters. The standard InChI is InChI=1S/C17H19N/c1-2-14(15-9-5-3-6-10-15)13-17(18)16-11-7-4-8-12-16/h2-5,7-9,11-13,17H,1,6,10,18H2/b14-13+. The van der Waals surface area contributed by atoms with Crippen molar-refractivity contribution < 1.29 is 0 Å². The summed E-state index contributed by atoms with van der Waals surface area (Å²) in [6, 6.07) is 10.1. The monoisotopic (exact) mass is 237 g/mol. The van der Waals surface area contributed by atoms with E-state index in [1.165, 1.54) is 5.57 Å². The molecule has 1 aliphatic carbocycles. The Kier molecular flexibility index (Phi) is 4.32. The molecule has 1 aliphatic rings. The minimum absolute atomic E-state index is 0.0778. The first-order valence-electron chi connectivity index (χ1n) is 6.32. The third-order valence-electron chi connectivity index (χ3n) is 3.15. The van der Waals surface area contributed by atoms with Gasteiger partial charge in [-0.05, 0) is 29.6 Å². The van der Waals surface area contributed by atoms with E-state index in [0.29, 0.717) is 0 Å². The molecule has 1 atom stereocenters. The van der Waals surface area contributed by atoms with E-state index in [1.807, 2.05) is 24.3 Å². The summed E-state index contributed by atoms with van der Waals surface area (Å²) in [6.45, 7) is 3.89. The molecule has 1 heteroatoms. The van der Waals surface area contributed by atoms with Crippen molar-refractivity contribution in [3.8, 4) is 0 Å². The van der Waals surface area contributed by atoms with Gasteiger partial charge in [0.05, 0.1) is 0 Å². The van der Waals surface area contributed by atoms with E-state index in [-0.39, 0.29) is 6.04 Å². The first kappa shape index (κ1) is 12.6. The Morgan fingerprint density at radius 2 is 2.06 bits per heavy atom. The molecule has 0 aromatic heterocycles. The summed E-state index contributed by atoms with van der Waals surface area (Å²) < 4.78 is 0. The molecule has 1 aromatic carbocycles. The topological polar surface area (TPSA) is 26.0 Å². The highest BCUT2D eigenvalue weighted by Gasteiger charge is 2.07. The Labute approximate surface area is 109 Å². The van der Waals surface area contributed by atoms with Crippen molar-refractivity contribution in [1.29, 1.82) is 0 Å². The lowest BCUT2D eigenvalue weighted by molar-refractivity contribution is 0.895. The molecule has 0 amide bonds. The van der Waals surface area contributed by atoms with E-state index in [0.717, 1.165) is 24.0 Å². The highest BCUT2D eigenvalue weighted by Crippen LogP contribution is 2.23. The van der Waals surface area contributed by atoms with Crippen molar-refractivity contribution in [2.75, 3.05) is 0 Å². The van der Waals surface area contributed by atoms with Gasteiger partial charge in [-0.25, -0.2) is 0 Å². The lowest BCUT2D eigenvalue weighted by Crippen LogP contribution is -2.08. The van der Waals surface area contributed by atoms with Gasteiger partial charge in [0.25, 0.3) is 0 Å². The average molecular weight is 237 g/mol. The van der Waals surface area contributed by atoms with Gasteiger partial charge < -0.3 is 5.73 Å². The molecular weight excluding hydrogens is 218 g/mol. The van der Waals surface area contributed by atoms with Crippen LogP contribution in [-0.4, -0.2) is 0 Å². The second kappa shape index (κ2) is 6.18. The second-order valence-corrected chi connectivity index (χ2v) is 4.42. The van der Waals surface area contributed by atoms with E-state index in [9.17, 15) is 0 Å². The smallest absolute Gasteiger partial charge is 0.0490 e. The Morgan fingerprint density at radius 1 is 1.28 bits per heavy atom. The van der Waals surface area contributed by atoms with Gasteiger partial charge in [-0.2, -0.15) is 0 Å². The van der Waals surface area contributed by atoms with Crippen molar-refractivity contribution in [2.45, 2.75) is 18.9 Å². The summed E-state index contributed by atoms with van der Waals surface area (Å²) >= 11 is 0. The molecule has 0 spiro atoms.